The Morgan fingerprint density at radius 2 is 1.68 bits per heavy atom. The van der Waals surface area contributed by atoms with Crippen LogP contribution in [0, 0.1) is 11.7 Å². The summed E-state index contributed by atoms with van der Waals surface area (Å²) < 4.78 is 46.2. The minimum atomic E-state index is -3.91. The fourth-order valence-corrected chi connectivity index (χ4v) is 5.17. The largest absolute Gasteiger partial charge is 0.492 e. The van der Waals surface area contributed by atoms with Crippen LogP contribution in [0.3, 0.4) is 0 Å². The first-order chi connectivity index (χ1) is 13.5. The molecule has 2 aromatic carbocycles. The van der Waals surface area contributed by atoms with Crippen LogP contribution >= 0.6 is 0 Å². The van der Waals surface area contributed by atoms with Gasteiger partial charge in [-0.15, -0.1) is 0 Å². The zero-order valence-corrected chi connectivity index (χ0v) is 16.1. The quantitative estimate of drug-likeness (QED) is 0.784. The van der Waals surface area contributed by atoms with Gasteiger partial charge in [-0.1, -0.05) is 30.3 Å². The maximum absolute atomic E-state index is 13.9. The summed E-state index contributed by atoms with van der Waals surface area (Å²) in [6.45, 7) is 1.18. The molecule has 1 atom stereocenters. The summed E-state index contributed by atoms with van der Waals surface area (Å²) in [4.78, 5) is 14.2. The molecule has 2 aliphatic heterocycles. The maximum atomic E-state index is 13.9. The Morgan fingerprint density at radius 1 is 1.00 bits per heavy atom. The summed E-state index contributed by atoms with van der Waals surface area (Å²) in [5.41, 5.74) is 1.01. The highest BCUT2D eigenvalue weighted by Crippen LogP contribution is 2.28. The first-order valence-electron chi connectivity index (χ1n) is 9.21. The minimum Gasteiger partial charge on any atom is -0.492 e. The fourth-order valence-electron chi connectivity index (χ4n) is 3.69. The standard InChI is InChI=1S/C20H21FN2O4S/c21-17-6-2-4-8-19(17)28(25,26)23-11-9-22(10-12-23)20(24)16-13-15-5-1-3-7-18(15)27-14-16/h1-8,16H,9-14H2. The van der Waals surface area contributed by atoms with Crippen LogP contribution in [-0.2, 0) is 21.2 Å². The number of amides is 1. The number of rotatable bonds is 3. The molecule has 0 bridgehead atoms. The Morgan fingerprint density at radius 3 is 2.43 bits per heavy atom. The van der Waals surface area contributed by atoms with Crippen LogP contribution in [0.15, 0.2) is 53.4 Å². The summed E-state index contributed by atoms with van der Waals surface area (Å²) >= 11 is 0. The second-order valence-electron chi connectivity index (χ2n) is 6.98. The number of carbonyl (C=O) groups is 1. The van der Waals surface area contributed by atoms with E-state index in [9.17, 15) is 17.6 Å². The highest BCUT2D eigenvalue weighted by atomic mass is 32.2. The predicted octanol–water partition coefficient (Wildman–Crippen LogP) is 1.91. The summed E-state index contributed by atoms with van der Waals surface area (Å²) in [7, 11) is -3.91. The fraction of sp³-hybridized carbons (Fsp3) is 0.350. The van der Waals surface area contributed by atoms with Gasteiger partial charge in [0.2, 0.25) is 15.9 Å². The van der Waals surface area contributed by atoms with Crippen LogP contribution in [0.4, 0.5) is 4.39 Å². The van der Waals surface area contributed by atoms with E-state index in [0.29, 0.717) is 13.0 Å². The van der Waals surface area contributed by atoms with E-state index in [1.54, 1.807) is 4.90 Å². The normalized spacial score (nSPS) is 20.3. The highest BCUT2D eigenvalue weighted by molar-refractivity contribution is 7.89. The molecule has 8 heteroatoms. The van der Waals surface area contributed by atoms with Crippen molar-refractivity contribution in [2.24, 2.45) is 5.92 Å². The second-order valence-corrected chi connectivity index (χ2v) is 8.89. The van der Waals surface area contributed by atoms with Crippen LogP contribution < -0.4 is 4.74 Å². The number of hydrogen-bond donors (Lipinski definition) is 0. The lowest BCUT2D eigenvalue weighted by Crippen LogP contribution is -2.53. The average Bonchev–Trinajstić information content (AvgIpc) is 2.73. The molecule has 148 valence electrons. The van der Waals surface area contributed by atoms with Gasteiger partial charge in [0.15, 0.2) is 0 Å². The topological polar surface area (TPSA) is 66.9 Å². The summed E-state index contributed by atoms with van der Waals surface area (Å²) in [5.74, 6) is -0.256. The maximum Gasteiger partial charge on any atom is 0.246 e. The Hall–Kier alpha value is -2.45. The SMILES string of the molecule is O=C(C1COc2ccccc2C1)N1CCN(S(=O)(=O)c2ccccc2F)CC1. The molecule has 1 fully saturated rings. The molecule has 0 aliphatic carbocycles. The van der Waals surface area contributed by atoms with Crippen molar-refractivity contribution >= 4 is 15.9 Å². The highest BCUT2D eigenvalue weighted by Gasteiger charge is 2.35. The van der Waals surface area contributed by atoms with Crippen molar-refractivity contribution in [2.75, 3.05) is 32.8 Å². The third-order valence-electron chi connectivity index (χ3n) is 5.23. The van der Waals surface area contributed by atoms with E-state index < -0.39 is 15.8 Å². The van der Waals surface area contributed by atoms with Gasteiger partial charge in [0.05, 0.1) is 5.92 Å². The molecule has 2 aromatic rings. The van der Waals surface area contributed by atoms with Gasteiger partial charge in [-0.05, 0) is 30.2 Å². The van der Waals surface area contributed by atoms with Crippen molar-refractivity contribution in [2.45, 2.75) is 11.3 Å². The Bertz CT molecular complexity index is 987. The van der Waals surface area contributed by atoms with Crippen LogP contribution in [0.25, 0.3) is 0 Å². The molecule has 0 N–H and O–H groups in total. The van der Waals surface area contributed by atoms with E-state index in [1.165, 1.54) is 22.5 Å². The number of sulfonamides is 1. The number of ether oxygens (including phenoxy) is 1. The van der Waals surface area contributed by atoms with E-state index in [4.69, 9.17) is 4.74 Å². The summed E-state index contributed by atoms with van der Waals surface area (Å²) in [6, 6.07) is 13.0. The molecule has 0 radical (unpaired) electrons. The number of para-hydroxylation sites is 1. The molecule has 0 aromatic heterocycles. The van der Waals surface area contributed by atoms with Crippen molar-refractivity contribution in [3.63, 3.8) is 0 Å². The monoisotopic (exact) mass is 404 g/mol. The van der Waals surface area contributed by atoms with Crippen molar-refractivity contribution in [1.82, 2.24) is 9.21 Å². The second kappa shape index (κ2) is 7.52. The number of nitrogens with zero attached hydrogens (tertiary/aromatic N) is 2. The first-order valence-corrected chi connectivity index (χ1v) is 10.6. The van der Waals surface area contributed by atoms with Crippen LogP contribution in [0.2, 0.25) is 0 Å². The van der Waals surface area contributed by atoms with Crippen LogP contribution in [0.5, 0.6) is 5.75 Å². The minimum absolute atomic E-state index is 0.0301. The molecule has 6 nitrogen and oxygen atoms in total. The van der Waals surface area contributed by atoms with Crippen molar-refractivity contribution in [1.29, 1.82) is 0 Å². The molecule has 1 amide bonds. The number of fused-ring (bicyclic) bond motifs is 1. The van der Waals surface area contributed by atoms with Gasteiger partial charge < -0.3 is 9.64 Å². The predicted molar refractivity (Wildman–Crippen MR) is 101 cm³/mol. The Kier molecular flexibility index (Phi) is 5.07. The van der Waals surface area contributed by atoms with E-state index in [2.05, 4.69) is 0 Å². The molecule has 2 aliphatic rings. The van der Waals surface area contributed by atoms with E-state index >= 15 is 0 Å². The van der Waals surface area contributed by atoms with Crippen LogP contribution in [-0.4, -0.2) is 56.3 Å². The third-order valence-corrected chi connectivity index (χ3v) is 7.16. The number of hydrogen-bond acceptors (Lipinski definition) is 4. The lowest BCUT2D eigenvalue weighted by atomic mass is 9.95. The number of benzene rings is 2. The van der Waals surface area contributed by atoms with Crippen LogP contribution in [0.1, 0.15) is 5.56 Å². The molecule has 1 saturated heterocycles. The number of carbonyl (C=O) groups excluding carboxylic acids is 1. The van der Waals surface area contributed by atoms with Gasteiger partial charge in [-0.3, -0.25) is 4.79 Å². The summed E-state index contributed by atoms with van der Waals surface area (Å²) in [6.07, 6.45) is 0.614. The van der Waals surface area contributed by atoms with Crippen molar-refractivity contribution in [3.05, 3.63) is 59.9 Å². The molecular formula is C20H21FN2O4S. The Balaban J connectivity index is 1.41. The van der Waals surface area contributed by atoms with Crippen molar-refractivity contribution in [3.8, 4) is 5.75 Å². The first kappa shape index (κ1) is 18.9. The van der Waals surface area contributed by atoms with Gasteiger partial charge in [0, 0.05) is 26.2 Å². The molecule has 28 heavy (non-hydrogen) atoms. The lowest BCUT2D eigenvalue weighted by molar-refractivity contribution is -0.138. The van der Waals surface area contributed by atoms with Crippen molar-refractivity contribution < 1.29 is 22.3 Å². The third kappa shape index (κ3) is 3.49. The van der Waals surface area contributed by atoms with Gasteiger partial charge in [0.1, 0.15) is 23.1 Å². The lowest BCUT2D eigenvalue weighted by Gasteiger charge is -2.36. The number of halogens is 1. The van der Waals surface area contributed by atoms with E-state index in [0.717, 1.165) is 17.4 Å². The van der Waals surface area contributed by atoms with Gasteiger partial charge in [-0.2, -0.15) is 4.31 Å². The average molecular weight is 404 g/mol. The molecule has 1 unspecified atom stereocenters. The van der Waals surface area contributed by atoms with Gasteiger partial charge in [-0.25, -0.2) is 12.8 Å². The zero-order valence-electron chi connectivity index (χ0n) is 15.3. The van der Waals surface area contributed by atoms with Gasteiger partial charge in [0.25, 0.3) is 0 Å². The molecular weight excluding hydrogens is 383 g/mol. The molecule has 4 rings (SSSR count). The molecule has 0 saturated carbocycles. The number of piperazine rings is 1. The molecule has 0 spiro atoms. The zero-order chi connectivity index (χ0) is 19.7. The van der Waals surface area contributed by atoms with Gasteiger partial charge >= 0.3 is 0 Å². The summed E-state index contributed by atoms with van der Waals surface area (Å²) in [5, 5.41) is 0. The Labute approximate surface area is 163 Å². The van der Waals surface area contributed by atoms with E-state index in [1.807, 2.05) is 24.3 Å². The van der Waals surface area contributed by atoms with E-state index in [-0.39, 0.29) is 42.9 Å². The smallest absolute Gasteiger partial charge is 0.246 e. The molecule has 2 heterocycles.